The van der Waals surface area contributed by atoms with Crippen LogP contribution in [0, 0.1) is 29.6 Å². The first-order chi connectivity index (χ1) is 13.9. The average Bonchev–Trinajstić information content (AvgIpc) is 3.39. The van der Waals surface area contributed by atoms with Gasteiger partial charge in [0.25, 0.3) is 5.91 Å². The lowest BCUT2D eigenvalue weighted by molar-refractivity contribution is -0.139. The highest BCUT2D eigenvalue weighted by atomic mass is 35.5. The van der Waals surface area contributed by atoms with E-state index in [9.17, 15) is 14.4 Å². The maximum Gasteiger partial charge on any atom is 0.265 e. The maximum absolute atomic E-state index is 12.8. The van der Waals surface area contributed by atoms with Crippen LogP contribution in [0.1, 0.15) is 12.8 Å². The molecule has 31 heavy (non-hydrogen) atoms. The zero-order valence-corrected chi connectivity index (χ0v) is 18.2. The second kappa shape index (κ2) is 8.29. The van der Waals surface area contributed by atoms with Gasteiger partial charge in [0.15, 0.2) is 6.10 Å². The van der Waals surface area contributed by atoms with Crippen molar-refractivity contribution in [3.63, 3.8) is 0 Å². The number of rotatable bonds is 5. The van der Waals surface area contributed by atoms with E-state index in [1.54, 1.807) is 12.3 Å². The van der Waals surface area contributed by atoms with E-state index in [2.05, 4.69) is 27.8 Å². The molecule has 0 aromatic carbocycles. The van der Waals surface area contributed by atoms with Crippen molar-refractivity contribution in [2.75, 3.05) is 11.9 Å². The van der Waals surface area contributed by atoms with Crippen molar-refractivity contribution in [1.29, 1.82) is 0 Å². The van der Waals surface area contributed by atoms with E-state index in [1.807, 2.05) is 0 Å². The number of anilines is 1. The predicted octanol–water partition coefficient (Wildman–Crippen LogP) is 0.382. The highest BCUT2D eigenvalue weighted by molar-refractivity contribution is 5.99. The molecular formula is C20H25Cl2N5O4. The van der Waals surface area contributed by atoms with E-state index in [0.29, 0.717) is 23.9 Å². The smallest absolute Gasteiger partial charge is 0.265 e. The lowest BCUT2D eigenvalue weighted by Crippen LogP contribution is -2.65. The summed E-state index contributed by atoms with van der Waals surface area (Å²) >= 11 is 0. The number of primary amides is 2. The molecule has 2 aliphatic carbocycles. The van der Waals surface area contributed by atoms with Crippen molar-refractivity contribution in [1.82, 2.24) is 10.3 Å². The number of nitrogens with one attached hydrogen (secondary N) is 2. The third-order valence-electron chi connectivity index (χ3n) is 7.13. The summed E-state index contributed by atoms with van der Waals surface area (Å²) in [4.78, 5) is 41.9. The Kier molecular flexibility index (Phi) is 6.23. The Balaban J connectivity index is 0.00000136. The van der Waals surface area contributed by atoms with Gasteiger partial charge in [0.05, 0.1) is 12.1 Å². The number of hydrogen-bond acceptors (Lipinski definition) is 6. The number of pyridine rings is 1. The summed E-state index contributed by atoms with van der Waals surface area (Å²) in [5, 5.41) is 6.00. The van der Waals surface area contributed by atoms with Crippen LogP contribution in [-0.2, 0) is 14.4 Å². The third-order valence-corrected chi connectivity index (χ3v) is 7.13. The highest BCUT2D eigenvalue weighted by Crippen LogP contribution is 2.57. The molecule has 0 spiro atoms. The minimum atomic E-state index is -1.29. The summed E-state index contributed by atoms with van der Waals surface area (Å²) in [5.41, 5.74) is 10.8. The minimum absolute atomic E-state index is 0. The molecule has 5 unspecified atom stereocenters. The van der Waals surface area contributed by atoms with Crippen LogP contribution in [0.2, 0.25) is 0 Å². The Hall–Kier alpha value is -2.36. The molecule has 1 aromatic rings. The summed E-state index contributed by atoms with van der Waals surface area (Å²) in [6, 6.07) is 1.63. The number of nitrogens with zero attached hydrogens (tertiary/aromatic N) is 1. The van der Waals surface area contributed by atoms with Crippen LogP contribution in [0.5, 0.6) is 5.75 Å². The van der Waals surface area contributed by atoms with Crippen LogP contribution in [-0.4, -0.2) is 40.9 Å². The zero-order valence-electron chi connectivity index (χ0n) is 16.5. The van der Waals surface area contributed by atoms with E-state index in [0.717, 1.165) is 6.42 Å². The quantitative estimate of drug-likeness (QED) is 0.457. The number of ether oxygens (including phenoxy) is 1. The van der Waals surface area contributed by atoms with Crippen LogP contribution in [0.4, 0.5) is 5.69 Å². The fraction of sp³-hybridized carbons (Fsp3) is 0.500. The number of aromatic nitrogens is 1. The molecule has 5 rings (SSSR count). The highest BCUT2D eigenvalue weighted by Gasteiger charge is 2.65. The molecule has 2 bridgehead atoms. The summed E-state index contributed by atoms with van der Waals surface area (Å²) < 4.78 is 5.83. The van der Waals surface area contributed by atoms with Gasteiger partial charge >= 0.3 is 0 Å². The Bertz CT molecular complexity index is 944. The molecule has 9 nitrogen and oxygen atoms in total. The van der Waals surface area contributed by atoms with Gasteiger partial charge in [0.1, 0.15) is 17.0 Å². The first kappa shape index (κ1) is 23.3. The van der Waals surface area contributed by atoms with Gasteiger partial charge in [-0.15, -0.1) is 24.8 Å². The molecule has 7 atom stereocenters. The average molecular weight is 470 g/mol. The van der Waals surface area contributed by atoms with Crippen LogP contribution < -0.4 is 26.8 Å². The monoisotopic (exact) mass is 469 g/mol. The van der Waals surface area contributed by atoms with Gasteiger partial charge in [0.2, 0.25) is 11.8 Å². The summed E-state index contributed by atoms with van der Waals surface area (Å²) in [6.07, 6.45) is 7.29. The fourth-order valence-corrected chi connectivity index (χ4v) is 5.96. The fourth-order valence-electron chi connectivity index (χ4n) is 5.96. The molecule has 1 saturated carbocycles. The molecule has 1 aromatic heterocycles. The summed E-state index contributed by atoms with van der Waals surface area (Å²) in [5.74, 6) is -1.52. The van der Waals surface area contributed by atoms with Gasteiger partial charge in [-0.1, -0.05) is 12.2 Å². The Morgan fingerprint density at radius 2 is 2.00 bits per heavy atom. The molecule has 6 N–H and O–H groups in total. The topological polar surface area (TPSA) is 149 Å². The molecule has 1 saturated heterocycles. The number of amides is 3. The van der Waals surface area contributed by atoms with Crippen molar-refractivity contribution < 1.29 is 19.1 Å². The number of halogens is 2. The van der Waals surface area contributed by atoms with Crippen LogP contribution in [0.15, 0.2) is 30.6 Å². The normalized spacial score (nSPS) is 35.0. The van der Waals surface area contributed by atoms with Crippen molar-refractivity contribution in [3.05, 3.63) is 30.6 Å². The SMILES string of the molecule is Cl.Cl.NC(=O)[C@@H](C[C@@H]1Oc2ccncc2NC1=O)C1(C(N)=O)NCC2C3C=CC(C3)C21. The first-order valence-corrected chi connectivity index (χ1v) is 9.86. The number of carbonyl (C=O) groups is 3. The van der Waals surface area contributed by atoms with Crippen LogP contribution in [0.3, 0.4) is 0 Å². The number of fused-ring (bicyclic) bond motifs is 6. The van der Waals surface area contributed by atoms with Gasteiger partial charge in [-0.3, -0.25) is 19.4 Å². The van der Waals surface area contributed by atoms with Crippen molar-refractivity contribution >= 4 is 48.2 Å². The second-order valence-corrected chi connectivity index (χ2v) is 8.41. The van der Waals surface area contributed by atoms with Crippen molar-refractivity contribution in [2.24, 2.45) is 41.1 Å². The molecular weight excluding hydrogens is 445 g/mol. The van der Waals surface area contributed by atoms with E-state index < -0.39 is 35.3 Å². The van der Waals surface area contributed by atoms with E-state index >= 15 is 0 Å². The maximum atomic E-state index is 12.8. The van der Waals surface area contributed by atoms with Gasteiger partial charge in [-0.25, -0.2) is 0 Å². The second-order valence-electron chi connectivity index (χ2n) is 8.41. The molecule has 2 fully saturated rings. The number of hydrogen-bond donors (Lipinski definition) is 4. The van der Waals surface area contributed by atoms with Gasteiger partial charge < -0.3 is 26.8 Å². The lowest BCUT2D eigenvalue weighted by Gasteiger charge is -2.41. The molecule has 4 aliphatic rings. The molecule has 168 valence electrons. The van der Waals surface area contributed by atoms with Crippen molar-refractivity contribution in [2.45, 2.75) is 24.5 Å². The van der Waals surface area contributed by atoms with E-state index in [1.165, 1.54) is 6.20 Å². The van der Waals surface area contributed by atoms with Gasteiger partial charge in [0, 0.05) is 18.7 Å². The molecule has 3 heterocycles. The first-order valence-electron chi connectivity index (χ1n) is 9.86. The third kappa shape index (κ3) is 3.35. The van der Waals surface area contributed by atoms with Crippen LogP contribution in [0.25, 0.3) is 0 Å². The molecule has 11 heteroatoms. The number of nitrogens with two attached hydrogens (primary N) is 2. The van der Waals surface area contributed by atoms with Crippen LogP contribution >= 0.6 is 24.8 Å². The van der Waals surface area contributed by atoms with E-state index in [-0.39, 0.29) is 49.0 Å². The minimum Gasteiger partial charge on any atom is -0.478 e. The van der Waals surface area contributed by atoms with Gasteiger partial charge in [-0.2, -0.15) is 0 Å². The van der Waals surface area contributed by atoms with Gasteiger partial charge in [-0.05, 0) is 36.6 Å². The Labute approximate surface area is 191 Å². The Morgan fingerprint density at radius 1 is 1.26 bits per heavy atom. The zero-order chi connectivity index (χ0) is 20.3. The largest absolute Gasteiger partial charge is 0.478 e. The Morgan fingerprint density at radius 3 is 2.71 bits per heavy atom. The number of allylic oxidation sites excluding steroid dienone is 2. The number of carbonyl (C=O) groups excluding carboxylic acids is 3. The predicted molar refractivity (Wildman–Crippen MR) is 117 cm³/mol. The summed E-state index contributed by atoms with van der Waals surface area (Å²) in [7, 11) is 0. The standard InChI is InChI=1S/C20H23N5O4.2ClH/c21-17(26)12(6-15-18(27)25-13-8-23-4-3-14(13)29-15)20(19(22)28)16-10-2-1-9(5-10)11(16)7-24-20;;/h1-4,8-12,15-16,24H,5-7H2,(H2,21,26)(H2,22,28)(H,25,27);2*1H/t9?,10?,11?,12-,15+,16?,20?;;/m1../s1. The molecule has 3 amide bonds. The van der Waals surface area contributed by atoms with E-state index in [4.69, 9.17) is 16.2 Å². The van der Waals surface area contributed by atoms with Crippen molar-refractivity contribution in [3.8, 4) is 5.75 Å². The molecule has 2 aliphatic heterocycles. The lowest BCUT2D eigenvalue weighted by atomic mass is 9.66. The summed E-state index contributed by atoms with van der Waals surface area (Å²) in [6.45, 7) is 0.592. The molecule has 0 radical (unpaired) electrons.